The molecular formula is C17H37ClN2O. The van der Waals surface area contributed by atoms with Crippen molar-refractivity contribution < 1.29 is 21.7 Å². The molecule has 0 unspecified atom stereocenters. The Hall–Kier alpha value is -0.280. The minimum Gasteiger partial charge on any atom is -1.00 e. The molecule has 4 heteroatoms. The van der Waals surface area contributed by atoms with Crippen molar-refractivity contribution in [3.63, 3.8) is 0 Å². The fraction of sp³-hybridized carbons (Fsp3) is 0.941. The van der Waals surface area contributed by atoms with Gasteiger partial charge in [0.2, 0.25) is 5.91 Å². The highest BCUT2D eigenvalue weighted by Crippen LogP contribution is 2.07. The summed E-state index contributed by atoms with van der Waals surface area (Å²) in [6, 6.07) is 0. The van der Waals surface area contributed by atoms with Gasteiger partial charge in [0.25, 0.3) is 0 Å². The lowest BCUT2D eigenvalue weighted by Gasteiger charge is -2.35. The molecule has 0 saturated carbocycles. The molecule has 0 aromatic carbocycles. The summed E-state index contributed by atoms with van der Waals surface area (Å²) >= 11 is 0. The number of halogens is 1. The van der Waals surface area contributed by atoms with Crippen molar-refractivity contribution in [1.82, 2.24) is 5.32 Å². The molecule has 0 spiro atoms. The average Bonchev–Trinajstić information content (AvgIpc) is 2.48. The Balaban J connectivity index is 0. The number of rotatable bonds is 13. The molecule has 1 N–H and O–H groups in total. The third kappa shape index (κ3) is 11.0. The molecule has 21 heavy (non-hydrogen) atoms. The van der Waals surface area contributed by atoms with E-state index in [1.807, 2.05) is 0 Å². The molecule has 0 saturated heterocycles. The summed E-state index contributed by atoms with van der Waals surface area (Å²) in [5.74, 6) is 0.240. The van der Waals surface area contributed by atoms with Gasteiger partial charge in [-0.25, -0.2) is 0 Å². The standard InChI is InChI=1S/C17H36N2O.ClH/c1-5-9-10-11-12-14-17(20)18-15-13-16-19(6-2,7-3)8-4;/h5-16H2,1-4H3;1H. The topological polar surface area (TPSA) is 29.1 Å². The van der Waals surface area contributed by atoms with Crippen LogP contribution in [0.1, 0.15) is 72.6 Å². The number of nitrogens with one attached hydrogen (secondary N) is 1. The van der Waals surface area contributed by atoms with Crippen LogP contribution in [0.15, 0.2) is 0 Å². The molecule has 0 aromatic rings. The molecule has 0 rings (SSSR count). The Labute approximate surface area is 138 Å². The van der Waals surface area contributed by atoms with E-state index < -0.39 is 0 Å². The molecule has 0 aliphatic carbocycles. The lowest BCUT2D eigenvalue weighted by atomic mass is 10.1. The van der Waals surface area contributed by atoms with E-state index in [0.717, 1.165) is 19.4 Å². The van der Waals surface area contributed by atoms with E-state index in [1.165, 1.54) is 56.3 Å². The summed E-state index contributed by atoms with van der Waals surface area (Å²) in [6.07, 6.45) is 7.88. The first-order chi connectivity index (χ1) is 9.64. The van der Waals surface area contributed by atoms with Crippen molar-refractivity contribution in [2.24, 2.45) is 0 Å². The Bertz CT molecular complexity index is 235. The Morgan fingerprint density at radius 3 is 1.95 bits per heavy atom. The first kappa shape index (κ1) is 23.0. The van der Waals surface area contributed by atoms with Crippen molar-refractivity contribution in [1.29, 1.82) is 0 Å². The van der Waals surface area contributed by atoms with Crippen LogP contribution in [0, 0.1) is 0 Å². The van der Waals surface area contributed by atoms with E-state index in [9.17, 15) is 4.79 Å². The van der Waals surface area contributed by atoms with Crippen LogP contribution >= 0.6 is 0 Å². The summed E-state index contributed by atoms with van der Waals surface area (Å²) in [4.78, 5) is 11.7. The average molecular weight is 321 g/mol. The smallest absolute Gasteiger partial charge is 0.219 e. The summed E-state index contributed by atoms with van der Waals surface area (Å²) < 4.78 is 1.17. The molecular weight excluding hydrogens is 284 g/mol. The van der Waals surface area contributed by atoms with Crippen LogP contribution in [0.2, 0.25) is 0 Å². The van der Waals surface area contributed by atoms with Crippen LogP contribution in [0.25, 0.3) is 0 Å². The van der Waals surface area contributed by atoms with Gasteiger partial charge in [0.15, 0.2) is 0 Å². The maximum atomic E-state index is 11.7. The van der Waals surface area contributed by atoms with Crippen molar-refractivity contribution >= 4 is 5.91 Å². The van der Waals surface area contributed by atoms with Crippen molar-refractivity contribution in [3.8, 4) is 0 Å². The number of quaternary nitrogens is 1. The second-order valence-electron chi connectivity index (χ2n) is 5.88. The van der Waals surface area contributed by atoms with Crippen LogP contribution in [-0.4, -0.2) is 43.1 Å². The number of unbranched alkanes of at least 4 members (excludes halogenated alkanes) is 4. The first-order valence-corrected chi connectivity index (χ1v) is 8.75. The fourth-order valence-electron chi connectivity index (χ4n) is 2.76. The summed E-state index contributed by atoms with van der Waals surface area (Å²) in [5, 5.41) is 3.07. The molecule has 0 aromatic heterocycles. The lowest BCUT2D eigenvalue weighted by Crippen LogP contribution is -3.00. The van der Waals surface area contributed by atoms with Crippen molar-refractivity contribution in [3.05, 3.63) is 0 Å². The molecule has 0 heterocycles. The zero-order valence-electron chi connectivity index (χ0n) is 14.7. The molecule has 0 aliphatic heterocycles. The highest BCUT2D eigenvalue weighted by molar-refractivity contribution is 5.75. The third-order valence-electron chi connectivity index (χ3n) is 4.65. The summed E-state index contributed by atoms with van der Waals surface area (Å²) in [7, 11) is 0. The van der Waals surface area contributed by atoms with Gasteiger partial charge in [-0.15, -0.1) is 0 Å². The van der Waals surface area contributed by atoms with Crippen LogP contribution < -0.4 is 17.7 Å². The zero-order chi connectivity index (χ0) is 15.3. The van der Waals surface area contributed by atoms with E-state index in [4.69, 9.17) is 0 Å². The number of amides is 1. The monoisotopic (exact) mass is 320 g/mol. The van der Waals surface area contributed by atoms with Gasteiger partial charge in [-0.3, -0.25) is 4.79 Å². The van der Waals surface area contributed by atoms with Gasteiger partial charge in [-0.2, -0.15) is 0 Å². The Morgan fingerprint density at radius 2 is 1.43 bits per heavy atom. The second kappa shape index (κ2) is 14.6. The van der Waals surface area contributed by atoms with E-state index >= 15 is 0 Å². The number of hydrogen-bond acceptors (Lipinski definition) is 1. The second-order valence-corrected chi connectivity index (χ2v) is 5.88. The Morgan fingerprint density at radius 1 is 0.857 bits per heavy atom. The minimum absolute atomic E-state index is 0. The maximum Gasteiger partial charge on any atom is 0.219 e. The zero-order valence-corrected chi connectivity index (χ0v) is 15.5. The number of hydrogen-bond donors (Lipinski definition) is 1. The normalized spacial score (nSPS) is 11.0. The van der Waals surface area contributed by atoms with Crippen molar-refractivity contribution in [2.45, 2.75) is 72.6 Å². The first-order valence-electron chi connectivity index (χ1n) is 8.75. The Kier molecular flexibility index (Phi) is 16.0. The van der Waals surface area contributed by atoms with Crippen LogP contribution in [0.5, 0.6) is 0 Å². The number of carbonyl (C=O) groups is 1. The van der Waals surface area contributed by atoms with E-state index in [-0.39, 0.29) is 18.3 Å². The van der Waals surface area contributed by atoms with E-state index in [2.05, 4.69) is 33.0 Å². The maximum absolute atomic E-state index is 11.7. The predicted molar refractivity (Wildman–Crippen MR) is 87.8 cm³/mol. The quantitative estimate of drug-likeness (QED) is 0.393. The largest absolute Gasteiger partial charge is 1.00 e. The van der Waals surface area contributed by atoms with E-state index in [0.29, 0.717) is 6.42 Å². The molecule has 3 nitrogen and oxygen atoms in total. The highest BCUT2D eigenvalue weighted by Gasteiger charge is 2.19. The predicted octanol–water partition coefficient (Wildman–Crippen LogP) is 0.734. The van der Waals surface area contributed by atoms with Crippen LogP contribution in [0.3, 0.4) is 0 Å². The van der Waals surface area contributed by atoms with E-state index in [1.54, 1.807) is 0 Å². The minimum atomic E-state index is 0. The molecule has 0 bridgehead atoms. The molecule has 0 fully saturated rings. The van der Waals surface area contributed by atoms with Gasteiger partial charge in [-0.05, 0) is 27.2 Å². The van der Waals surface area contributed by atoms with Gasteiger partial charge in [0.1, 0.15) is 0 Å². The lowest BCUT2D eigenvalue weighted by molar-refractivity contribution is -0.923. The van der Waals surface area contributed by atoms with Gasteiger partial charge >= 0.3 is 0 Å². The van der Waals surface area contributed by atoms with Crippen LogP contribution in [0.4, 0.5) is 0 Å². The SMILES string of the molecule is CCCCCCCC(=O)NCCC[N+](CC)(CC)CC.[Cl-]. The number of carbonyl (C=O) groups excluding carboxylic acids is 1. The highest BCUT2D eigenvalue weighted by atomic mass is 35.5. The molecule has 0 aliphatic rings. The molecule has 1 amide bonds. The summed E-state index contributed by atoms with van der Waals surface area (Å²) in [5.41, 5.74) is 0. The fourth-order valence-corrected chi connectivity index (χ4v) is 2.76. The summed E-state index contributed by atoms with van der Waals surface area (Å²) in [6.45, 7) is 14.6. The molecule has 128 valence electrons. The molecule has 0 radical (unpaired) electrons. The van der Waals surface area contributed by atoms with Crippen molar-refractivity contribution in [2.75, 3.05) is 32.7 Å². The van der Waals surface area contributed by atoms with Gasteiger partial charge in [-0.1, -0.05) is 32.6 Å². The van der Waals surface area contributed by atoms with Gasteiger partial charge in [0.05, 0.1) is 26.2 Å². The molecule has 0 atom stereocenters. The van der Waals surface area contributed by atoms with Gasteiger partial charge < -0.3 is 22.2 Å². The number of nitrogens with zero attached hydrogens (tertiary/aromatic N) is 1. The van der Waals surface area contributed by atoms with Gasteiger partial charge in [0, 0.05) is 19.4 Å². The third-order valence-corrected chi connectivity index (χ3v) is 4.65. The van der Waals surface area contributed by atoms with Crippen LogP contribution in [-0.2, 0) is 4.79 Å².